The fourth-order valence-electron chi connectivity index (χ4n) is 1.66. The molecule has 0 saturated heterocycles. The van der Waals surface area contributed by atoms with Crippen molar-refractivity contribution in [1.82, 2.24) is 0 Å². The molecule has 0 bridgehead atoms. The summed E-state index contributed by atoms with van der Waals surface area (Å²) in [7, 11) is 0. The molecule has 0 rings (SSSR count). The van der Waals surface area contributed by atoms with Crippen molar-refractivity contribution in [1.29, 1.82) is 0 Å². The van der Waals surface area contributed by atoms with Gasteiger partial charge in [-0.25, -0.2) is 9.79 Å². The van der Waals surface area contributed by atoms with Crippen LogP contribution in [0.25, 0.3) is 0 Å². The predicted octanol–water partition coefficient (Wildman–Crippen LogP) is 1.90. The van der Waals surface area contributed by atoms with Gasteiger partial charge < -0.3 is 5.11 Å². The Morgan fingerprint density at radius 3 is 2.21 bits per heavy atom. The maximum Gasteiger partial charge on any atom is 0.234 e. The molecule has 0 aliphatic carbocycles. The molecule has 0 amide bonds. The number of aliphatic hydroxyl groups excluding tert-OH is 1. The molecule has 0 atom stereocenters. The van der Waals surface area contributed by atoms with E-state index >= 15 is 0 Å². The topological polar surface area (TPSA) is 49.7 Å². The van der Waals surface area contributed by atoms with Gasteiger partial charge in [-0.05, 0) is 18.3 Å². The number of carbonyl (C=O) groups excluding carboxylic acids is 1. The Morgan fingerprint density at radius 2 is 1.86 bits per heavy atom. The smallest absolute Gasteiger partial charge is 0.234 e. The average molecular weight is 276 g/mol. The molecule has 3 nitrogen and oxygen atoms in total. The monoisotopic (exact) mass is 275 g/mol. The summed E-state index contributed by atoms with van der Waals surface area (Å²) in [5, 5.41) is 8.91. The van der Waals surface area contributed by atoms with E-state index in [1.54, 1.807) is 6.08 Å². The third-order valence-corrected chi connectivity index (χ3v) is 2.96. The first-order valence-corrected chi connectivity index (χ1v) is 4.89. The maximum absolute atomic E-state index is 9.88. The fraction of sp³-hybridized carbons (Fsp3) is 0.900. The van der Waals surface area contributed by atoms with E-state index in [1.165, 1.54) is 0 Å². The summed E-state index contributed by atoms with van der Waals surface area (Å²) >= 11 is 0. The molecule has 0 fully saturated rings. The van der Waals surface area contributed by atoms with Gasteiger partial charge in [0.25, 0.3) is 0 Å². The van der Waals surface area contributed by atoms with Crippen LogP contribution in [0.4, 0.5) is 0 Å². The van der Waals surface area contributed by atoms with Gasteiger partial charge in [0.1, 0.15) is 0 Å². The third-order valence-electron chi connectivity index (χ3n) is 2.96. The van der Waals surface area contributed by atoms with Gasteiger partial charge in [-0.15, -0.1) is 0 Å². The second kappa shape index (κ2) is 9.77. The Bertz CT molecular complexity index is 175. The quantitative estimate of drug-likeness (QED) is 0.570. The number of hydrogen-bond donors (Lipinski definition) is 1. The van der Waals surface area contributed by atoms with Gasteiger partial charge in [-0.2, -0.15) is 0 Å². The van der Waals surface area contributed by atoms with E-state index in [2.05, 4.69) is 18.8 Å². The molecule has 0 aromatic carbocycles. The first kappa shape index (κ1) is 16.6. The second-order valence-electron chi connectivity index (χ2n) is 3.40. The van der Waals surface area contributed by atoms with Crippen LogP contribution in [0, 0.1) is 5.41 Å². The number of aliphatic imine (C=N–C) groups is 1. The standard InChI is InChI=1S/C10H19NO2.Zr/c1-3-10(4-2,6-8-12)5-7-11-9-13;/h12H,3-8H2,1-2H3;. The van der Waals surface area contributed by atoms with Crippen molar-refractivity contribution in [3.63, 3.8) is 0 Å². The van der Waals surface area contributed by atoms with Crippen molar-refractivity contribution in [2.24, 2.45) is 10.4 Å². The molecule has 1 N–H and O–H groups in total. The Morgan fingerprint density at radius 1 is 1.29 bits per heavy atom. The van der Waals surface area contributed by atoms with Gasteiger partial charge in [0.2, 0.25) is 6.08 Å². The van der Waals surface area contributed by atoms with Crippen molar-refractivity contribution >= 4 is 6.08 Å². The van der Waals surface area contributed by atoms with Crippen molar-refractivity contribution in [2.45, 2.75) is 39.5 Å². The summed E-state index contributed by atoms with van der Waals surface area (Å²) in [4.78, 5) is 13.4. The van der Waals surface area contributed by atoms with E-state index in [4.69, 9.17) is 5.11 Å². The zero-order valence-corrected chi connectivity index (χ0v) is 11.5. The molecule has 0 aromatic heterocycles. The van der Waals surface area contributed by atoms with Gasteiger partial charge in [-0.1, -0.05) is 26.7 Å². The molecule has 0 aromatic rings. The van der Waals surface area contributed by atoms with Crippen molar-refractivity contribution in [3.05, 3.63) is 0 Å². The fourth-order valence-corrected chi connectivity index (χ4v) is 1.66. The molecule has 0 aliphatic heterocycles. The largest absolute Gasteiger partial charge is 0.396 e. The Balaban J connectivity index is 0. The van der Waals surface area contributed by atoms with Crippen LogP contribution in [0.15, 0.2) is 4.99 Å². The van der Waals surface area contributed by atoms with E-state index < -0.39 is 0 Å². The number of aliphatic hydroxyl groups is 1. The maximum atomic E-state index is 9.88. The van der Waals surface area contributed by atoms with Gasteiger partial charge >= 0.3 is 0 Å². The van der Waals surface area contributed by atoms with E-state index in [9.17, 15) is 4.79 Å². The zero-order chi connectivity index (χ0) is 10.2. The molecule has 80 valence electrons. The first-order valence-electron chi connectivity index (χ1n) is 4.89. The summed E-state index contributed by atoms with van der Waals surface area (Å²) in [6.07, 6.45) is 5.27. The molecule has 4 heteroatoms. The third kappa shape index (κ3) is 5.85. The van der Waals surface area contributed by atoms with Crippen molar-refractivity contribution in [2.75, 3.05) is 13.2 Å². The summed E-state index contributed by atoms with van der Waals surface area (Å²) in [6.45, 7) is 4.98. The van der Waals surface area contributed by atoms with E-state index in [0.717, 1.165) is 25.7 Å². The molecule has 0 aliphatic rings. The Labute approximate surface area is 105 Å². The van der Waals surface area contributed by atoms with Crippen LogP contribution >= 0.6 is 0 Å². The SMILES string of the molecule is CCC(CC)(CCO)CCN=C=O.[Zr]. The minimum atomic E-state index is 0. The van der Waals surface area contributed by atoms with Crippen molar-refractivity contribution < 1.29 is 36.1 Å². The Kier molecular flexibility index (Phi) is 11.6. The number of rotatable bonds is 7. The van der Waals surface area contributed by atoms with Crippen LogP contribution in [-0.2, 0) is 31.0 Å². The van der Waals surface area contributed by atoms with E-state index in [0.29, 0.717) is 6.54 Å². The van der Waals surface area contributed by atoms with Crippen molar-refractivity contribution in [3.8, 4) is 0 Å². The second-order valence-corrected chi connectivity index (χ2v) is 3.40. The van der Waals surface area contributed by atoms with Gasteiger partial charge in [0.05, 0.1) is 6.54 Å². The molecule has 14 heavy (non-hydrogen) atoms. The van der Waals surface area contributed by atoms with Crippen LogP contribution in [0.2, 0.25) is 0 Å². The number of nitrogens with zero attached hydrogens (tertiary/aromatic N) is 1. The normalized spacial score (nSPS) is 10.2. The minimum Gasteiger partial charge on any atom is -0.396 e. The summed E-state index contributed by atoms with van der Waals surface area (Å²) in [6, 6.07) is 0. The number of hydrogen-bond acceptors (Lipinski definition) is 3. The van der Waals surface area contributed by atoms with E-state index in [-0.39, 0.29) is 38.2 Å². The van der Waals surface area contributed by atoms with Gasteiger partial charge in [0, 0.05) is 32.8 Å². The zero-order valence-electron chi connectivity index (χ0n) is 9.05. The molecule has 0 heterocycles. The Hall–Kier alpha value is 0.223. The van der Waals surface area contributed by atoms with Crippen LogP contribution in [0.3, 0.4) is 0 Å². The molecule has 0 unspecified atom stereocenters. The average Bonchev–Trinajstić information content (AvgIpc) is 2.17. The number of isocyanates is 1. The summed E-state index contributed by atoms with van der Waals surface area (Å²) < 4.78 is 0. The molecule has 0 spiro atoms. The van der Waals surface area contributed by atoms with Crippen LogP contribution in [-0.4, -0.2) is 24.3 Å². The first-order chi connectivity index (χ1) is 6.24. The van der Waals surface area contributed by atoms with Gasteiger partial charge in [0.15, 0.2) is 0 Å². The summed E-state index contributed by atoms with van der Waals surface area (Å²) in [5.41, 5.74) is 0.162. The summed E-state index contributed by atoms with van der Waals surface area (Å²) in [5.74, 6) is 0. The van der Waals surface area contributed by atoms with Crippen LogP contribution < -0.4 is 0 Å². The van der Waals surface area contributed by atoms with E-state index in [1.807, 2.05) is 0 Å². The molecular formula is C10H19NO2Zr. The van der Waals surface area contributed by atoms with Crippen LogP contribution in [0.1, 0.15) is 39.5 Å². The molecule has 0 saturated carbocycles. The molecule has 0 radical (unpaired) electrons. The molecular weight excluding hydrogens is 257 g/mol. The van der Waals surface area contributed by atoms with Crippen LogP contribution in [0.5, 0.6) is 0 Å². The minimum absolute atomic E-state index is 0. The van der Waals surface area contributed by atoms with Gasteiger partial charge in [-0.3, -0.25) is 0 Å². The predicted molar refractivity (Wildman–Crippen MR) is 52.3 cm³/mol.